The molecule has 1 saturated heterocycles. The Morgan fingerprint density at radius 2 is 2.18 bits per heavy atom. The third kappa shape index (κ3) is 4.04. The fourth-order valence-corrected chi connectivity index (χ4v) is 4.60. The van der Waals surface area contributed by atoms with Gasteiger partial charge in [-0.1, -0.05) is 11.6 Å². The summed E-state index contributed by atoms with van der Waals surface area (Å²) in [6, 6.07) is 2.23. The Labute approximate surface area is 167 Å². The number of hydrogen-bond donors (Lipinski definition) is 2. The molecule has 2 heterocycles. The molecule has 0 bridgehead atoms. The van der Waals surface area contributed by atoms with E-state index in [2.05, 4.69) is 15.1 Å². The summed E-state index contributed by atoms with van der Waals surface area (Å²) in [6.07, 6.45) is 2.00. The molecule has 1 aromatic heterocycles. The molecule has 1 aliphatic heterocycles. The number of aromatic nitrogens is 2. The lowest BCUT2D eigenvalue weighted by Crippen LogP contribution is -2.56. The van der Waals surface area contributed by atoms with Gasteiger partial charge in [0.2, 0.25) is 5.91 Å². The van der Waals surface area contributed by atoms with Crippen molar-refractivity contribution in [1.82, 2.24) is 18.8 Å². The number of nitrogens with one attached hydrogen (secondary N) is 2. The Balaban J connectivity index is 1.86. The molecule has 0 unspecified atom stereocenters. The van der Waals surface area contributed by atoms with Gasteiger partial charge < -0.3 is 5.32 Å². The van der Waals surface area contributed by atoms with Gasteiger partial charge in [0, 0.05) is 31.0 Å². The number of likely N-dealkylation sites (N-methyl/N-ethyl adjacent to an activating group) is 1. The number of halogens is 2. The van der Waals surface area contributed by atoms with Crippen molar-refractivity contribution in [2.24, 2.45) is 0 Å². The molecular formula is C17H21ClFN5O3S. The van der Waals surface area contributed by atoms with E-state index in [1.165, 1.54) is 19.2 Å². The van der Waals surface area contributed by atoms with Gasteiger partial charge in [-0.15, -0.1) is 0 Å². The number of rotatable bonds is 4. The standard InChI is InChI=1S/C17H21ClFN5O3S/c1-4-24-9-12(10(2)21-24)15-8-16(23(3)28(26,27)22-15)17(25)20-11-5-6-14(19)13(18)7-11/h5-7,9,15-16,22H,4,8H2,1-3H3,(H,20,25)/t15-,16-/m1/s1. The van der Waals surface area contributed by atoms with E-state index in [9.17, 15) is 17.6 Å². The molecule has 3 rings (SSSR count). The van der Waals surface area contributed by atoms with Crippen LogP contribution >= 0.6 is 11.6 Å². The normalized spacial score (nSPS) is 22.2. The summed E-state index contributed by atoms with van der Waals surface area (Å²) in [5.74, 6) is -1.13. The SMILES string of the molecule is CCn1cc([C@H]2C[C@H](C(=O)Nc3ccc(F)c(Cl)c3)N(C)S(=O)(=O)N2)c(C)n1. The van der Waals surface area contributed by atoms with Crippen LogP contribution in [0.1, 0.15) is 30.6 Å². The summed E-state index contributed by atoms with van der Waals surface area (Å²) >= 11 is 5.74. The lowest BCUT2D eigenvalue weighted by Gasteiger charge is -2.36. The highest BCUT2D eigenvalue weighted by Crippen LogP contribution is 2.30. The van der Waals surface area contributed by atoms with Gasteiger partial charge in [0.05, 0.1) is 16.8 Å². The minimum absolute atomic E-state index is 0.135. The molecule has 152 valence electrons. The van der Waals surface area contributed by atoms with Crippen LogP contribution < -0.4 is 10.0 Å². The van der Waals surface area contributed by atoms with E-state index in [-0.39, 0.29) is 17.1 Å². The first-order valence-electron chi connectivity index (χ1n) is 8.67. The number of nitrogens with zero attached hydrogens (tertiary/aromatic N) is 3. The molecule has 0 spiro atoms. The van der Waals surface area contributed by atoms with Crippen LogP contribution in [0.3, 0.4) is 0 Å². The van der Waals surface area contributed by atoms with E-state index in [1.807, 2.05) is 6.92 Å². The van der Waals surface area contributed by atoms with Crippen molar-refractivity contribution in [2.45, 2.75) is 38.9 Å². The van der Waals surface area contributed by atoms with Gasteiger partial charge in [0.1, 0.15) is 11.9 Å². The number of anilines is 1. The summed E-state index contributed by atoms with van der Waals surface area (Å²) in [4.78, 5) is 12.8. The number of aryl methyl sites for hydroxylation is 2. The predicted molar refractivity (Wildman–Crippen MR) is 104 cm³/mol. The maximum absolute atomic E-state index is 13.3. The van der Waals surface area contributed by atoms with E-state index in [0.717, 1.165) is 15.9 Å². The second kappa shape index (κ2) is 7.78. The number of hydrogen-bond acceptors (Lipinski definition) is 4. The fourth-order valence-electron chi connectivity index (χ4n) is 3.15. The average molecular weight is 430 g/mol. The van der Waals surface area contributed by atoms with Crippen molar-refractivity contribution in [3.63, 3.8) is 0 Å². The molecule has 0 aliphatic carbocycles. The molecule has 1 aliphatic rings. The minimum atomic E-state index is -3.87. The molecule has 1 aromatic carbocycles. The van der Waals surface area contributed by atoms with Crippen LogP contribution in [0.4, 0.5) is 10.1 Å². The Morgan fingerprint density at radius 1 is 1.46 bits per heavy atom. The number of amides is 1. The number of benzene rings is 1. The molecule has 0 saturated carbocycles. The molecule has 2 atom stereocenters. The second-order valence-corrected chi connectivity index (χ2v) is 8.76. The lowest BCUT2D eigenvalue weighted by atomic mass is 10.00. The van der Waals surface area contributed by atoms with Crippen molar-refractivity contribution in [1.29, 1.82) is 0 Å². The molecule has 1 amide bonds. The van der Waals surface area contributed by atoms with E-state index in [1.54, 1.807) is 17.8 Å². The lowest BCUT2D eigenvalue weighted by molar-refractivity contribution is -0.120. The molecule has 8 nitrogen and oxygen atoms in total. The number of carbonyl (C=O) groups is 1. The number of carbonyl (C=O) groups excluding carboxylic acids is 1. The maximum atomic E-state index is 13.3. The van der Waals surface area contributed by atoms with E-state index in [0.29, 0.717) is 12.2 Å². The van der Waals surface area contributed by atoms with Crippen molar-refractivity contribution in [3.8, 4) is 0 Å². The van der Waals surface area contributed by atoms with E-state index >= 15 is 0 Å². The first-order chi connectivity index (χ1) is 13.1. The molecule has 1 fully saturated rings. The highest BCUT2D eigenvalue weighted by molar-refractivity contribution is 7.87. The Morgan fingerprint density at radius 3 is 2.79 bits per heavy atom. The third-order valence-corrected chi connectivity index (χ3v) is 6.63. The van der Waals surface area contributed by atoms with Crippen LogP contribution in [0.15, 0.2) is 24.4 Å². The Hall–Kier alpha value is -2.01. The highest BCUT2D eigenvalue weighted by Gasteiger charge is 2.41. The van der Waals surface area contributed by atoms with Crippen LogP contribution in [-0.2, 0) is 21.5 Å². The average Bonchev–Trinajstić information content (AvgIpc) is 3.01. The van der Waals surface area contributed by atoms with Crippen molar-refractivity contribution >= 4 is 33.4 Å². The van der Waals surface area contributed by atoms with Crippen LogP contribution in [0.5, 0.6) is 0 Å². The molecule has 0 radical (unpaired) electrons. The summed E-state index contributed by atoms with van der Waals surface area (Å²) in [5, 5.41) is 6.82. The van der Waals surface area contributed by atoms with Crippen LogP contribution in [0, 0.1) is 12.7 Å². The molecular weight excluding hydrogens is 409 g/mol. The van der Waals surface area contributed by atoms with Crippen LogP contribution in [-0.4, -0.2) is 41.5 Å². The third-order valence-electron chi connectivity index (χ3n) is 4.74. The summed E-state index contributed by atoms with van der Waals surface area (Å²) in [5.41, 5.74) is 1.71. The van der Waals surface area contributed by atoms with Gasteiger partial charge in [-0.3, -0.25) is 9.48 Å². The molecule has 11 heteroatoms. The predicted octanol–water partition coefficient (Wildman–Crippen LogP) is 2.22. The monoisotopic (exact) mass is 429 g/mol. The zero-order chi connectivity index (χ0) is 20.6. The summed E-state index contributed by atoms with van der Waals surface area (Å²) in [7, 11) is -2.54. The van der Waals surface area contributed by atoms with Gasteiger partial charge in [-0.2, -0.15) is 22.5 Å². The molecule has 28 heavy (non-hydrogen) atoms. The summed E-state index contributed by atoms with van der Waals surface area (Å²) in [6.45, 7) is 4.37. The maximum Gasteiger partial charge on any atom is 0.280 e. The van der Waals surface area contributed by atoms with Crippen LogP contribution in [0.25, 0.3) is 0 Å². The fraction of sp³-hybridized carbons (Fsp3) is 0.412. The van der Waals surface area contributed by atoms with E-state index < -0.39 is 34.0 Å². The van der Waals surface area contributed by atoms with Crippen molar-refractivity contribution in [2.75, 3.05) is 12.4 Å². The van der Waals surface area contributed by atoms with Gasteiger partial charge >= 0.3 is 0 Å². The Bertz CT molecular complexity index is 1010. The van der Waals surface area contributed by atoms with Crippen molar-refractivity contribution in [3.05, 3.63) is 46.5 Å². The zero-order valence-electron chi connectivity index (χ0n) is 15.6. The van der Waals surface area contributed by atoms with Gasteiger partial charge in [0.15, 0.2) is 0 Å². The van der Waals surface area contributed by atoms with Crippen LogP contribution in [0.2, 0.25) is 5.02 Å². The molecule has 2 aromatic rings. The largest absolute Gasteiger partial charge is 0.325 e. The van der Waals surface area contributed by atoms with Gasteiger partial charge in [-0.25, -0.2) is 4.39 Å². The zero-order valence-corrected chi connectivity index (χ0v) is 17.2. The second-order valence-electron chi connectivity index (χ2n) is 6.59. The minimum Gasteiger partial charge on any atom is -0.325 e. The topological polar surface area (TPSA) is 96.3 Å². The van der Waals surface area contributed by atoms with Gasteiger partial charge in [-0.05, 0) is 38.5 Å². The van der Waals surface area contributed by atoms with Crippen molar-refractivity contribution < 1.29 is 17.6 Å². The smallest absolute Gasteiger partial charge is 0.280 e. The quantitative estimate of drug-likeness (QED) is 0.778. The summed E-state index contributed by atoms with van der Waals surface area (Å²) < 4.78 is 43.7. The van der Waals surface area contributed by atoms with E-state index in [4.69, 9.17) is 11.6 Å². The first-order valence-corrected chi connectivity index (χ1v) is 10.5. The Kier molecular flexibility index (Phi) is 5.76. The first kappa shape index (κ1) is 20.7. The highest BCUT2D eigenvalue weighted by atomic mass is 35.5. The molecule has 2 N–H and O–H groups in total. The van der Waals surface area contributed by atoms with Gasteiger partial charge in [0.25, 0.3) is 10.2 Å².